The third-order valence-corrected chi connectivity index (χ3v) is 4.48. The molecule has 106 valence electrons. The molecule has 2 atom stereocenters. The summed E-state index contributed by atoms with van der Waals surface area (Å²) in [6.07, 6.45) is 4.42. The van der Waals surface area contributed by atoms with Crippen LogP contribution in [0.4, 0.5) is 0 Å². The van der Waals surface area contributed by atoms with Crippen LogP contribution in [0, 0.1) is 0 Å². The Hall–Kier alpha value is -0.160. The van der Waals surface area contributed by atoms with Gasteiger partial charge in [0.25, 0.3) is 0 Å². The van der Waals surface area contributed by atoms with Crippen LogP contribution in [0.3, 0.4) is 0 Å². The van der Waals surface area contributed by atoms with Crippen LogP contribution in [-0.4, -0.2) is 63.0 Å². The van der Waals surface area contributed by atoms with Crippen molar-refractivity contribution in [2.24, 2.45) is 0 Å². The molecule has 2 rings (SSSR count). The van der Waals surface area contributed by atoms with Crippen LogP contribution in [0.25, 0.3) is 0 Å². The highest BCUT2D eigenvalue weighted by Gasteiger charge is 2.38. The fraction of sp³-hybridized carbons (Fsp3) is 1.00. The van der Waals surface area contributed by atoms with Crippen molar-refractivity contribution in [1.29, 1.82) is 0 Å². The second kappa shape index (κ2) is 6.33. The summed E-state index contributed by atoms with van der Waals surface area (Å²) in [5.41, 5.74) is 0.107. The smallest absolute Gasteiger partial charge is 0.0741 e. The van der Waals surface area contributed by atoms with Crippen LogP contribution in [-0.2, 0) is 9.47 Å². The number of ether oxygens (including phenoxy) is 2. The molecule has 18 heavy (non-hydrogen) atoms. The van der Waals surface area contributed by atoms with Crippen molar-refractivity contribution < 1.29 is 9.47 Å². The van der Waals surface area contributed by atoms with E-state index in [2.05, 4.69) is 31.2 Å². The molecule has 2 heterocycles. The predicted octanol–water partition coefficient (Wildman–Crippen LogP) is 1.25. The fourth-order valence-corrected chi connectivity index (χ4v) is 2.81. The van der Waals surface area contributed by atoms with E-state index in [1.807, 2.05) is 0 Å². The Kier molecular flexibility index (Phi) is 5.01. The molecule has 0 aliphatic carbocycles. The van der Waals surface area contributed by atoms with Gasteiger partial charge in [-0.2, -0.15) is 0 Å². The number of nitrogens with one attached hydrogen (secondary N) is 1. The lowest BCUT2D eigenvalue weighted by Crippen LogP contribution is -2.51. The molecule has 0 amide bonds. The minimum atomic E-state index is 0.107. The summed E-state index contributed by atoms with van der Waals surface area (Å²) in [5.74, 6) is 0. The molecule has 2 aliphatic rings. The predicted molar refractivity (Wildman–Crippen MR) is 72.9 cm³/mol. The average molecular weight is 256 g/mol. The number of rotatable bonds is 4. The maximum absolute atomic E-state index is 6.06. The largest absolute Gasteiger partial charge is 0.381 e. The van der Waals surface area contributed by atoms with Gasteiger partial charge in [0.1, 0.15) is 0 Å². The van der Waals surface area contributed by atoms with Gasteiger partial charge < -0.3 is 19.7 Å². The summed E-state index contributed by atoms with van der Waals surface area (Å²) in [6, 6.07) is 1.19. The van der Waals surface area contributed by atoms with Crippen molar-refractivity contribution >= 4 is 0 Å². The van der Waals surface area contributed by atoms with E-state index in [0.29, 0.717) is 12.1 Å². The van der Waals surface area contributed by atoms with Crippen molar-refractivity contribution in [2.75, 3.05) is 40.5 Å². The monoisotopic (exact) mass is 256 g/mol. The average Bonchev–Trinajstić information content (AvgIpc) is 2.37. The fourth-order valence-electron chi connectivity index (χ4n) is 2.81. The van der Waals surface area contributed by atoms with E-state index >= 15 is 0 Å². The second-order valence-electron chi connectivity index (χ2n) is 6.05. The molecule has 2 unspecified atom stereocenters. The van der Waals surface area contributed by atoms with Crippen LogP contribution < -0.4 is 5.32 Å². The Morgan fingerprint density at radius 1 is 1.28 bits per heavy atom. The molecule has 4 nitrogen and oxygen atoms in total. The molecule has 0 radical (unpaired) electrons. The normalized spacial score (nSPS) is 29.7. The van der Waals surface area contributed by atoms with Crippen molar-refractivity contribution in [3.05, 3.63) is 0 Å². The minimum Gasteiger partial charge on any atom is -0.381 e. The SMILES string of the molecule is CC(CNC1CCOC2(CCOCC2)C1)N(C)C. The highest BCUT2D eigenvalue weighted by atomic mass is 16.5. The molecule has 0 aromatic carbocycles. The molecule has 2 saturated heterocycles. The zero-order valence-electron chi connectivity index (χ0n) is 12.1. The van der Waals surface area contributed by atoms with Crippen molar-refractivity contribution in [1.82, 2.24) is 10.2 Å². The Labute approximate surface area is 111 Å². The zero-order valence-corrected chi connectivity index (χ0v) is 12.1. The highest BCUT2D eigenvalue weighted by molar-refractivity contribution is 4.91. The first-order valence-electron chi connectivity index (χ1n) is 7.23. The van der Waals surface area contributed by atoms with E-state index < -0.39 is 0 Å². The van der Waals surface area contributed by atoms with E-state index in [0.717, 1.165) is 52.0 Å². The van der Waals surface area contributed by atoms with E-state index in [1.54, 1.807) is 0 Å². The highest BCUT2D eigenvalue weighted by Crippen LogP contribution is 2.34. The van der Waals surface area contributed by atoms with Crippen LogP contribution in [0.5, 0.6) is 0 Å². The third kappa shape index (κ3) is 3.67. The first kappa shape index (κ1) is 14.3. The number of hydrogen-bond acceptors (Lipinski definition) is 4. The van der Waals surface area contributed by atoms with Crippen molar-refractivity contribution in [3.8, 4) is 0 Å². The van der Waals surface area contributed by atoms with Crippen LogP contribution in [0.2, 0.25) is 0 Å². The number of nitrogens with zero attached hydrogens (tertiary/aromatic N) is 1. The van der Waals surface area contributed by atoms with Gasteiger partial charge in [0, 0.05) is 38.4 Å². The molecular formula is C14H28N2O2. The van der Waals surface area contributed by atoms with Gasteiger partial charge in [0.15, 0.2) is 0 Å². The van der Waals surface area contributed by atoms with Crippen molar-refractivity contribution in [3.63, 3.8) is 0 Å². The molecule has 2 aliphatic heterocycles. The van der Waals surface area contributed by atoms with E-state index in [4.69, 9.17) is 9.47 Å². The number of hydrogen-bond donors (Lipinski definition) is 1. The molecule has 0 bridgehead atoms. The molecule has 1 N–H and O–H groups in total. The molecule has 2 fully saturated rings. The molecule has 1 spiro atoms. The van der Waals surface area contributed by atoms with E-state index in [1.165, 1.54) is 0 Å². The summed E-state index contributed by atoms with van der Waals surface area (Å²) in [7, 11) is 4.27. The summed E-state index contributed by atoms with van der Waals surface area (Å²) in [6.45, 7) is 5.94. The Bertz CT molecular complexity index is 247. The van der Waals surface area contributed by atoms with E-state index in [9.17, 15) is 0 Å². The third-order valence-electron chi connectivity index (χ3n) is 4.48. The molecule has 4 heteroatoms. The molecule has 0 aromatic heterocycles. The number of likely N-dealkylation sites (N-methyl/N-ethyl adjacent to an activating group) is 1. The maximum Gasteiger partial charge on any atom is 0.0741 e. The summed E-state index contributed by atoms with van der Waals surface area (Å²) < 4.78 is 11.5. The summed E-state index contributed by atoms with van der Waals surface area (Å²) in [5, 5.41) is 3.71. The van der Waals surface area contributed by atoms with Crippen LogP contribution in [0.15, 0.2) is 0 Å². The molecule has 0 aromatic rings. The maximum atomic E-state index is 6.06. The Morgan fingerprint density at radius 2 is 2.00 bits per heavy atom. The lowest BCUT2D eigenvalue weighted by molar-refractivity contribution is -0.140. The van der Waals surface area contributed by atoms with Gasteiger partial charge in [0.05, 0.1) is 5.60 Å². The molecule has 0 saturated carbocycles. The van der Waals surface area contributed by atoms with Gasteiger partial charge in [-0.05, 0) is 46.7 Å². The van der Waals surface area contributed by atoms with Gasteiger partial charge in [-0.25, -0.2) is 0 Å². The van der Waals surface area contributed by atoms with Crippen LogP contribution >= 0.6 is 0 Å². The van der Waals surface area contributed by atoms with Gasteiger partial charge in [0.2, 0.25) is 0 Å². The first-order valence-corrected chi connectivity index (χ1v) is 7.23. The zero-order chi connectivity index (χ0) is 13.0. The van der Waals surface area contributed by atoms with Gasteiger partial charge in [-0.1, -0.05) is 0 Å². The van der Waals surface area contributed by atoms with E-state index in [-0.39, 0.29) is 5.60 Å². The lowest BCUT2D eigenvalue weighted by Gasteiger charge is -2.43. The standard InChI is InChI=1S/C14H28N2O2/c1-12(16(2)3)11-15-13-4-7-18-14(10-13)5-8-17-9-6-14/h12-13,15H,4-11H2,1-3H3. The summed E-state index contributed by atoms with van der Waals surface area (Å²) >= 11 is 0. The van der Waals surface area contributed by atoms with Gasteiger partial charge in [-0.3, -0.25) is 0 Å². The minimum absolute atomic E-state index is 0.107. The molecular weight excluding hydrogens is 228 g/mol. The topological polar surface area (TPSA) is 33.7 Å². The van der Waals surface area contributed by atoms with Crippen molar-refractivity contribution in [2.45, 2.75) is 50.3 Å². The first-order chi connectivity index (χ1) is 8.61. The second-order valence-corrected chi connectivity index (χ2v) is 6.05. The lowest BCUT2D eigenvalue weighted by atomic mass is 9.84. The van der Waals surface area contributed by atoms with Gasteiger partial charge >= 0.3 is 0 Å². The van der Waals surface area contributed by atoms with Crippen LogP contribution in [0.1, 0.15) is 32.6 Å². The Morgan fingerprint density at radius 3 is 2.67 bits per heavy atom. The van der Waals surface area contributed by atoms with Gasteiger partial charge in [-0.15, -0.1) is 0 Å². The quantitative estimate of drug-likeness (QED) is 0.821. The Balaban J connectivity index is 1.79. The summed E-state index contributed by atoms with van der Waals surface area (Å²) in [4.78, 5) is 2.26.